The molecule has 8 saturated carbocycles. The van der Waals surface area contributed by atoms with Gasteiger partial charge in [0.15, 0.2) is 0 Å². The van der Waals surface area contributed by atoms with Gasteiger partial charge in [-0.3, -0.25) is 9.59 Å². The van der Waals surface area contributed by atoms with Crippen molar-refractivity contribution in [3.8, 4) is 0 Å². The van der Waals surface area contributed by atoms with E-state index >= 15 is 9.59 Å². The predicted octanol–water partition coefficient (Wildman–Crippen LogP) is 13.6. The number of hydrogen-bond donors (Lipinski definition) is 0. The van der Waals surface area contributed by atoms with Crippen molar-refractivity contribution in [1.29, 1.82) is 0 Å². The highest BCUT2D eigenvalue weighted by molar-refractivity contribution is 5.89. The molecule has 56 heavy (non-hydrogen) atoms. The van der Waals surface area contributed by atoms with Gasteiger partial charge < -0.3 is 9.80 Å². The topological polar surface area (TPSA) is 40.6 Å². The first-order chi connectivity index (χ1) is 26.0. The lowest BCUT2D eigenvalue weighted by molar-refractivity contribution is -0.187. The monoisotopic (exact) mass is 775 g/mol. The normalized spacial score (nSPS) is 41.0. The zero-order valence-electron chi connectivity index (χ0n) is 39.0. The minimum atomic E-state index is -0.332. The SMILES string of the molecule is CC(C)(C)C1CCC(N(C(=O)C23CC4CC(C2)CC(C(=O)N(C2CCC(C(C)(C)C)CC2)C2CCC(C(C)(C)C)CC2)(C4)C3)C2CCC(C(C)(C)C)CC2)CC1. The molecule has 8 aliphatic carbocycles. The first-order valence-electron chi connectivity index (χ1n) is 24.6. The van der Waals surface area contributed by atoms with E-state index in [9.17, 15) is 0 Å². The molecular formula is C52H90N2O2. The number of carbonyl (C=O) groups is 2. The summed E-state index contributed by atoms with van der Waals surface area (Å²) < 4.78 is 0. The molecule has 0 heterocycles. The number of hydrogen-bond acceptors (Lipinski definition) is 2. The van der Waals surface area contributed by atoms with Crippen LogP contribution >= 0.6 is 0 Å². The molecule has 320 valence electrons. The van der Waals surface area contributed by atoms with Crippen molar-refractivity contribution in [1.82, 2.24) is 9.80 Å². The summed E-state index contributed by atoms with van der Waals surface area (Å²) in [4.78, 5) is 37.1. The molecule has 0 spiro atoms. The van der Waals surface area contributed by atoms with Crippen molar-refractivity contribution >= 4 is 11.8 Å². The average Bonchev–Trinajstić information content (AvgIpc) is 3.11. The van der Waals surface area contributed by atoms with Gasteiger partial charge in [0.25, 0.3) is 0 Å². The fraction of sp³-hybridized carbons (Fsp3) is 0.962. The molecule has 0 aromatic heterocycles. The van der Waals surface area contributed by atoms with Crippen LogP contribution in [0.1, 0.15) is 224 Å². The Balaban J connectivity index is 1.17. The Bertz CT molecular complexity index is 1190. The standard InChI is InChI=1S/C52H90N2O2/c1-47(2,3)37-13-21-41(22-14-37)53(42-23-15-38(16-24-42)48(4,5)6)45(55)51-30-35-29-36(31-51)33-52(32-35,34-51)46(56)54(43-25-17-39(18-26-43)49(7,8)9)44-27-19-40(20-28-44)50(10,11)12/h35-44H,13-34H2,1-12H3. The van der Waals surface area contributed by atoms with E-state index in [2.05, 4.69) is 92.9 Å². The van der Waals surface area contributed by atoms with Gasteiger partial charge in [0, 0.05) is 24.2 Å². The molecule has 0 aliphatic heterocycles. The quantitative estimate of drug-likeness (QED) is 0.270. The molecule has 0 saturated heterocycles. The van der Waals surface area contributed by atoms with E-state index in [0.717, 1.165) is 55.8 Å². The van der Waals surface area contributed by atoms with Gasteiger partial charge in [0.2, 0.25) is 11.8 Å². The Hall–Kier alpha value is -1.06. The molecule has 4 nitrogen and oxygen atoms in total. The fourth-order valence-electron chi connectivity index (χ4n) is 15.5. The van der Waals surface area contributed by atoms with Crippen LogP contribution in [0.25, 0.3) is 0 Å². The lowest BCUT2D eigenvalue weighted by Gasteiger charge is -2.63. The van der Waals surface area contributed by atoms with Crippen molar-refractivity contribution in [3.63, 3.8) is 0 Å². The van der Waals surface area contributed by atoms with E-state index in [4.69, 9.17) is 0 Å². The van der Waals surface area contributed by atoms with E-state index in [1.54, 1.807) is 0 Å². The second-order valence-electron chi connectivity index (χ2n) is 26.4. The Kier molecular flexibility index (Phi) is 11.9. The van der Waals surface area contributed by atoms with Crippen molar-refractivity contribution in [3.05, 3.63) is 0 Å². The number of rotatable bonds is 6. The van der Waals surface area contributed by atoms with E-state index in [1.165, 1.54) is 109 Å². The Morgan fingerprint density at radius 2 is 0.589 bits per heavy atom. The van der Waals surface area contributed by atoms with Crippen LogP contribution in [0, 0.1) is 68.0 Å². The van der Waals surface area contributed by atoms with Gasteiger partial charge in [-0.15, -0.1) is 0 Å². The highest BCUT2D eigenvalue weighted by Crippen LogP contribution is 2.67. The summed E-state index contributed by atoms with van der Waals surface area (Å²) in [6.07, 6.45) is 25.7. The molecule has 0 unspecified atom stereocenters. The van der Waals surface area contributed by atoms with E-state index < -0.39 is 0 Å². The molecule has 0 aromatic rings. The Morgan fingerprint density at radius 1 is 0.375 bits per heavy atom. The highest BCUT2D eigenvalue weighted by atomic mass is 16.2. The summed E-state index contributed by atoms with van der Waals surface area (Å²) in [5.41, 5.74) is 0.673. The van der Waals surface area contributed by atoms with Crippen molar-refractivity contribution in [2.45, 2.75) is 249 Å². The molecular weight excluding hydrogens is 685 g/mol. The van der Waals surface area contributed by atoms with Crippen molar-refractivity contribution in [2.24, 2.45) is 68.0 Å². The zero-order chi connectivity index (χ0) is 40.6. The predicted molar refractivity (Wildman–Crippen MR) is 234 cm³/mol. The Morgan fingerprint density at radius 3 is 0.786 bits per heavy atom. The molecule has 8 aliphatic rings. The van der Waals surface area contributed by atoms with Crippen LogP contribution in [-0.4, -0.2) is 45.8 Å². The van der Waals surface area contributed by atoms with Crippen molar-refractivity contribution in [2.75, 3.05) is 0 Å². The first-order valence-corrected chi connectivity index (χ1v) is 24.6. The molecule has 4 heteroatoms. The highest BCUT2D eigenvalue weighted by Gasteiger charge is 2.65. The average molecular weight is 775 g/mol. The minimum absolute atomic E-state index is 0.332. The molecule has 0 N–H and O–H groups in total. The number of carbonyl (C=O) groups excluding carboxylic acids is 2. The maximum atomic E-state index is 16.0. The second kappa shape index (κ2) is 15.4. The van der Waals surface area contributed by atoms with Gasteiger partial charge in [0.1, 0.15) is 0 Å². The minimum Gasteiger partial charge on any atom is -0.336 e. The van der Waals surface area contributed by atoms with Gasteiger partial charge in [0.05, 0.1) is 10.8 Å². The molecule has 8 rings (SSSR count). The van der Waals surface area contributed by atoms with Gasteiger partial charge in [-0.1, -0.05) is 83.1 Å². The number of amides is 2. The summed E-state index contributed by atoms with van der Waals surface area (Å²) in [6, 6.07) is 1.52. The van der Waals surface area contributed by atoms with Crippen LogP contribution in [0.3, 0.4) is 0 Å². The van der Waals surface area contributed by atoms with Gasteiger partial charge in [-0.2, -0.15) is 0 Å². The van der Waals surface area contributed by atoms with Gasteiger partial charge in [-0.05, 0) is 198 Å². The Labute approximate surface area is 346 Å². The summed E-state index contributed by atoms with van der Waals surface area (Å²) in [6.45, 7) is 29.1. The van der Waals surface area contributed by atoms with Crippen LogP contribution < -0.4 is 0 Å². The summed E-state index contributed by atoms with van der Waals surface area (Å²) >= 11 is 0. The molecule has 0 radical (unpaired) electrons. The smallest absolute Gasteiger partial charge is 0.229 e. The van der Waals surface area contributed by atoms with Crippen LogP contribution in [-0.2, 0) is 9.59 Å². The maximum Gasteiger partial charge on any atom is 0.229 e. The largest absolute Gasteiger partial charge is 0.336 e. The molecule has 8 fully saturated rings. The fourth-order valence-corrected chi connectivity index (χ4v) is 15.5. The van der Waals surface area contributed by atoms with E-state index in [0.29, 0.717) is 69.5 Å². The van der Waals surface area contributed by atoms with Gasteiger partial charge in [-0.25, -0.2) is 0 Å². The van der Waals surface area contributed by atoms with Crippen molar-refractivity contribution < 1.29 is 9.59 Å². The molecule has 0 aromatic carbocycles. The summed E-state index contributed by atoms with van der Waals surface area (Å²) in [7, 11) is 0. The van der Waals surface area contributed by atoms with Gasteiger partial charge >= 0.3 is 0 Å². The number of nitrogens with zero attached hydrogens (tertiary/aromatic N) is 2. The molecule has 2 amide bonds. The maximum absolute atomic E-state index is 16.0. The lowest BCUT2D eigenvalue weighted by Crippen LogP contribution is -2.65. The first kappa shape index (κ1) is 43.0. The third-order valence-electron chi connectivity index (χ3n) is 18.7. The van der Waals surface area contributed by atoms with Crippen LogP contribution in [0.4, 0.5) is 0 Å². The third kappa shape index (κ3) is 8.59. The third-order valence-corrected chi connectivity index (χ3v) is 18.7. The van der Waals surface area contributed by atoms with Crippen LogP contribution in [0.5, 0.6) is 0 Å². The molecule has 4 bridgehead atoms. The summed E-state index contributed by atoms with van der Waals surface area (Å²) in [5, 5.41) is 0. The zero-order valence-corrected chi connectivity index (χ0v) is 39.0. The van der Waals surface area contributed by atoms with E-state index in [1.807, 2.05) is 0 Å². The van der Waals surface area contributed by atoms with Crippen LogP contribution in [0.15, 0.2) is 0 Å². The lowest BCUT2D eigenvalue weighted by atomic mass is 9.43. The molecule has 0 atom stereocenters. The second-order valence-corrected chi connectivity index (χ2v) is 26.4. The van der Waals surface area contributed by atoms with E-state index in [-0.39, 0.29) is 10.8 Å². The summed E-state index contributed by atoms with van der Waals surface area (Å²) in [5.74, 6) is 5.09. The van der Waals surface area contributed by atoms with Crippen LogP contribution in [0.2, 0.25) is 0 Å².